The zero-order valence-corrected chi connectivity index (χ0v) is 26.5. The Labute approximate surface area is 265 Å². The molecule has 1 aliphatic heterocycles. The molecule has 10 heteroatoms. The zero-order chi connectivity index (χ0) is 31.2. The van der Waals surface area contributed by atoms with Crippen LogP contribution in [-0.4, -0.2) is 10.7 Å². The second-order valence-corrected chi connectivity index (χ2v) is 13.6. The Kier molecular flexibility index (Phi) is 8.36. The average molecular weight is 634 g/mol. The highest BCUT2D eigenvalue weighted by Gasteiger charge is 2.45. The maximum atomic E-state index is 14.0. The lowest BCUT2D eigenvalue weighted by molar-refractivity contribution is -0.384. The number of carbonyl (C=O) groups is 1. The minimum atomic E-state index is -0.665. The first-order chi connectivity index (χ1) is 20.3. The van der Waals surface area contributed by atoms with Crippen molar-refractivity contribution in [3.63, 3.8) is 0 Å². The van der Waals surface area contributed by atoms with Crippen molar-refractivity contribution in [2.75, 3.05) is 4.90 Å². The summed E-state index contributed by atoms with van der Waals surface area (Å²) >= 11 is 13.9. The van der Waals surface area contributed by atoms with Crippen LogP contribution >= 0.6 is 35.0 Å². The van der Waals surface area contributed by atoms with E-state index in [1.807, 2.05) is 58.0 Å². The summed E-state index contributed by atoms with van der Waals surface area (Å²) in [6.45, 7) is 8.04. The molecule has 0 fully saturated rings. The molecule has 3 aromatic rings. The highest BCUT2D eigenvalue weighted by atomic mass is 35.5. The summed E-state index contributed by atoms with van der Waals surface area (Å²) in [4.78, 5) is 27.9. The Morgan fingerprint density at radius 1 is 1.12 bits per heavy atom. The smallest absolute Gasteiger partial charge is 0.289 e. The molecule has 2 aliphatic rings. The van der Waals surface area contributed by atoms with Gasteiger partial charge < -0.3 is 5.73 Å². The van der Waals surface area contributed by atoms with E-state index in [-0.39, 0.29) is 33.3 Å². The largest absolute Gasteiger partial charge is 0.384 e. The fourth-order valence-electron chi connectivity index (χ4n) is 6.00. The molecule has 0 saturated carbocycles. The van der Waals surface area contributed by atoms with Gasteiger partial charge in [-0.3, -0.25) is 19.8 Å². The molecule has 0 amide bonds. The van der Waals surface area contributed by atoms with Gasteiger partial charge in [-0.2, -0.15) is 5.26 Å². The van der Waals surface area contributed by atoms with Crippen molar-refractivity contribution in [3.05, 3.63) is 120 Å². The highest BCUT2D eigenvalue weighted by Crippen LogP contribution is 2.51. The van der Waals surface area contributed by atoms with Gasteiger partial charge in [-0.15, -0.1) is 11.8 Å². The number of carbonyl (C=O) groups excluding carboxylic acids is 1. The fraction of sp³-hybridized carbons (Fsp3) is 0.273. The SMILES string of the molecule is Cc1cc(CSc2ccc(Cl)cc2)c(C)c(C2C(C#N)=C(N)N(c3ccc(Cl)c([N+](=O)[O-])c3)C3=C2C(=O)CC(C)(C)C3)c1. The van der Waals surface area contributed by atoms with Crippen LogP contribution in [0.4, 0.5) is 11.4 Å². The van der Waals surface area contributed by atoms with Gasteiger partial charge in [0.05, 0.1) is 28.2 Å². The molecule has 1 unspecified atom stereocenters. The van der Waals surface area contributed by atoms with Gasteiger partial charge in [0, 0.05) is 39.4 Å². The Hall–Kier alpha value is -3.77. The number of aryl methyl sites for hydroxylation is 1. The number of benzene rings is 3. The van der Waals surface area contributed by atoms with Crippen LogP contribution in [0, 0.1) is 40.7 Å². The van der Waals surface area contributed by atoms with Gasteiger partial charge in [0.2, 0.25) is 0 Å². The summed E-state index contributed by atoms with van der Waals surface area (Å²) in [5.41, 5.74) is 11.8. The van der Waals surface area contributed by atoms with Crippen molar-refractivity contribution in [3.8, 4) is 6.07 Å². The molecule has 7 nitrogen and oxygen atoms in total. The van der Waals surface area contributed by atoms with Crippen LogP contribution in [0.3, 0.4) is 0 Å². The van der Waals surface area contributed by atoms with E-state index in [1.54, 1.807) is 22.7 Å². The number of nitrogens with zero attached hydrogens (tertiary/aromatic N) is 3. The van der Waals surface area contributed by atoms with E-state index in [9.17, 15) is 20.2 Å². The molecule has 1 aliphatic carbocycles. The van der Waals surface area contributed by atoms with Crippen LogP contribution in [-0.2, 0) is 10.5 Å². The summed E-state index contributed by atoms with van der Waals surface area (Å²) in [5, 5.41) is 22.9. The van der Waals surface area contributed by atoms with E-state index in [1.165, 1.54) is 12.1 Å². The number of nitro benzene ring substituents is 1. The highest BCUT2D eigenvalue weighted by molar-refractivity contribution is 7.98. The van der Waals surface area contributed by atoms with Crippen LogP contribution in [0.1, 0.15) is 54.9 Å². The molecule has 3 aromatic carbocycles. The van der Waals surface area contributed by atoms with Crippen molar-refractivity contribution in [2.45, 2.75) is 57.1 Å². The Bertz CT molecular complexity index is 1770. The first-order valence-corrected chi connectivity index (χ1v) is 15.4. The molecule has 1 heterocycles. The monoisotopic (exact) mass is 632 g/mol. The van der Waals surface area contributed by atoms with Gasteiger partial charge in [-0.1, -0.05) is 54.7 Å². The third kappa shape index (κ3) is 5.90. The van der Waals surface area contributed by atoms with Gasteiger partial charge in [0.25, 0.3) is 5.69 Å². The summed E-state index contributed by atoms with van der Waals surface area (Å²) in [6, 6.07) is 18.5. The molecule has 0 radical (unpaired) electrons. The van der Waals surface area contributed by atoms with E-state index in [0.717, 1.165) is 27.1 Å². The summed E-state index contributed by atoms with van der Waals surface area (Å²) < 4.78 is 0. The molecule has 43 heavy (non-hydrogen) atoms. The minimum absolute atomic E-state index is 0.0136. The number of hydrogen-bond donors (Lipinski definition) is 1. The number of ketones is 1. The number of rotatable bonds is 6. The standard InChI is InChI=1S/C33H30Cl2N4O3S/c1-18-11-20(17-43-23-8-5-21(34)6-9-23)19(2)24(12-18)30-25(16-36)32(37)38(22-7-10-26(35)27(13-22)39(41)42)28-14-33(3,4)15-29(40)31(28)30/h5-13,30H,14-15,17,37H2,1-4H3. The van der Waals surface area contributed by atoms with Gasteiger partial charge in [-0.05, 0) is 78.8 Å². The van der Waals surface area contributed by atoms with Crippen LogP contribution in [0.15, 0.2) is 82.2 Å². The van der Waals surface area contributed by atoms with Crippen LogP contribution in [0.25, 0.3) is 0 Å². The van der Waals surface area contributed by atoms with Crippen molar-refractivity contribution in [1.29, 1.82) is 5.26 Å². The molecular weight excluding hydrogens is 603 g/mol. The number of hydrogen-bond acceptors (Lipinski definition) is 7. The molecule has 5 rings (SSSR count). The molecular formula is C33H30Cl2N4O3S. The maximum Gasteiger partial charge on any atom is 0.289 e. The molecule has 1 atom stereocenters. The number of nitriles is 1. The first-order valence-electron chi connectivity index (χ1n) is 13.7. The van der Waals surface area contributed by atoms with E-state index >= 15 is 0 Å². The number of thioether (sulfide) groups is 1. The number of Topliss-reactive ketones (excluding diaryl/α,β-unsaturated/α-hetero) is 1. The van der Waals surface area contributed by atoms with Crippen molar-refractivity contribution >= 4 is 52.1 Å². The fourth-order valence-corrected chi connectivity index (χ4v) is 7.26. The second-order valence-electron chi connectivity index (χ2n) is 11.8. The van der Waals surface area contributed by atoms with Gasteiger partial charge >= 0.3 is 0 Å². The van der Waals surface area contributed by atoms with E-state index in [2.05, 4.69) is 12.1 Å². The number of anilines is 1. The average Bonchev–Trinajstić information content (AvgIpc) is 2.93. The Morgan fingerprint density at radius 2 is 1.81 bits per heavy atom. The van der Waals surface area contributed by atoms with Gasteiger partial charge in [0.15, 0.2) is 5.78 Å². The first kappa shape index (κ1) is 30.7. The van der Waals surface area contributed by atoms with Gasteiger partial charge in [-0.25, -0.2) is 0 Å². The van der Waals surface area contributed by atoms with E-state index < -0.39 is 10.8 Å². The lowest BCUT2D eigenvalue weighted by atomic mass is 9.68. The third-order valence-electron chi connectivity index (χ3n) is 7.98. The summed E-state index contributed by atoms with van der Waals surface area (Å²) in [6.07, 6.45) is 0.796. The molecule has 0 aromatic heterocycles. The summed E-state index contributed by atoms with van der Waals surface area (Å²) in [5.74, 6) is 0.0966. The number of nitrogens with two attached hydrogens (primary N) is 1. The number of nitro groups is 1. The molecule has 0 spiro atoms. The summed E-state index contributed by atoms with van der Waals surface area (Å²) in [7, 11) is 0. The number of halogens is 2. The molecule has 0 saturated heterocycles. The van der Waals surface area contributed by atoms with Crippen molar-refractivity contribution in [2.24, 2.45) is 11.1 Å². The van der Waals surface area contributed by atoms with E-state index in [0.29, 0.717) is 40.6 Å². The van der Waals surface area contributed by atoms with E-state index in [4.69, 9.17) is 28.9 Å². The lowest BCUT2D eigenvalue weighted by Crippen LogP contribution is -2.42. The molecule has 2 N–H and O–H groups in total. The van der Waals surface area contributed by atoms with Crippen LogP contribution in [0.5, 0.6) is 0 Å². The molecule has 0 bridgehead atoms. The Balaban J connectivity index is 1.68. The third-order valence-corrected chi connectivity index (χ3v) is 9.62. The zero-order valence-electron chi connectivity index (χ0n) is 24.2. The quantitative estimate of drug-likeness (QED) is 0.164. The second kappa shape index (κ2) is 11.7. The normalized spacial score (nSPS) is 18.0. The van der Waals surface area contributed by atoms with Gasteiger partial charge in [0.1, 0.15) is 10.8 Å². The Morgan fingerprint density at radius 3 is 2.47 bits per heavy atom. The van der Waals surface area contributed by atoms with Crippen LogP contribution < -0.4 is 10.6 Å². The maximum absolute atomic E-state index is 14.0. The predicted molar refractivity (Wildman–Crippen MR) is 172 cm³/mol. The minimum Gasteiger partial charge on any atom is -0.384 e. The van der Waals surface area contributed by atoms with Crippen molar-refractivity contribution in [1.82, 2.24) is 0 Å². The predicted octanol–water partition coefficient (Wildman–Crippen LogP) is 8.75. The number of allylic oxidation sites excluding steroid dienone is 3. The molecule has 220 valence electrons. The lowest BCUT2D eigenvalue weighted by Gasteiger charge is -2.44. The topological polar surface area (TPSA) is 113 Å². The van der Waals surface area contributed by atoms with Crippen molar-refractivity contribution < 1.29 is 9.72 Å². The van der Waals surface area contributed by atoms with Crippen LogP contribution in [0.2, 0.25) is 10.0 Å².